The first-order valence-electron chi connectivity index (χ1n) is 8.49. The van der Waals surface area contributed by atoms with Crippen molar-refractivity contribution >= 4 is 16.8 Å². The number of halogens is 2. The molecule has 5 nitrogen and oxygen atoms in total. The summed E-state index contributed by atoms with van der Waals surface area (Å²) in [6.45, 7) is 0.984. The molecule has 0 radical (unpaired) electrons. The lowest BCUT2D eigenvalue weighted by Gasteiger charge is -2.12. The quantitative estimate of drug-likeness (QED) is 0.668. The summed E-state index contributed by atoms with van der Waals surface area (Å²) in [5.41, 5.74) is 1.57. The second-order valence-corrected chi connectivity index (χ2v) is 6.15. The standard InChI is InChI=1S/C20H20F2N2O3/c1-27-9-8-24-12-15(14-4-2-3-5-18(14)24)20(26)23-11-19(25)13-6-7-16(21)17(22)10-13/h2-7,10,12,19,25H,8-9,11H2,1H3,(H,23,26). The zero-order valence-electron chi connectivity index (χ0n) is 14.8. The van der Waals surface area contributed by atoms with E-state index in [2.05, 4.69) is 5.32 Å². The molecule has 0 spiro atoms. The number of aliphatic hydroxyl groups excluding tert-OH is 1. The Morgan fingerprint density at radius 3 is 2.74 bits per heavy atom. The Bertz CT molecular complexity index is 956. The lowest BCUT2D eigenvalue weighted by Crippen LogP contribution is -2.28. The number of aromatic nitrogens is 1. The molecule has 1 heterocycles. The lowest BCUT2D eigenvalue weighted by atomic mass is 10.1. The van der Waals surface area contributed by atoms with Crippen molar-refractivity contribution in [3.63, 3.8) is 0 Å². The molecule has 27 heavy (non-hydrogen) atoms. The van der Waals surface area contributed by atoms with Crippen molar-refractivity contribution < 1.29 is 23.4 Å². The number of nitrogens with zero attached hydrogens (tertiary/aromatic N) is 1. The Hall–Kier alpha value is -2.77. The van der Waals surface area contributed by atoms with Crippen LogP contribution in [0.4, 0.5) is 8.78 Å². The fourth-order valence-electron chi connectivity index (χ4n) is 2.92. The minimum atomic E-state index is -1.15. The summed E-state index contributed by atoms with van der Waals surface area (Å²) in [6, 6.07) is 10.6. The largest absolute Gasteiger partial charge is 0.387 e. The summed E-state index contributed by atoms with van der Waals surface area (Å²) in [6.07, 6.45) is 0.592. The van der Waals surface area contributed by atoms with E-state index in [0.29, 0.717) is 18.7 Å². The Balaban J connectivity index is 1.75. The molecular weight excluding hydrogens is 354 g/mol. The number of carbonyl (C=O) groups excluding carboxylic acids is 1. The molecule has 0 saturated heterocycles. The van der Waals surface area contributed by atoms with Gasteiger partial charge in [0.05, 0.1) is 18.3 Å². The molecule has 1 atom stereocenters. The number of carbonyl (C=O) groups is 1. The van der Waals surface area contributed by atoms with Gasteiger partial charge in [-0.05, 0) is 23.8 Å². The Kier molecular flexibility index (Phi) is 5.83. The van der Waals surface area contributed by atoms with Gasteiger partial charge >= 0.3 is 0 Å². The summed E-state index contributed by atoms with van der Waals surface area (Å²) >= 11 is 0. The van der Waals surface area contributed by atoms with Crippen molar-refractivity contribution in [3.05, 3.63) is 71.4 Å². The van der Waals surface area contributed by atoms with E-state index >= 15 is 0 Å². The number of amides is 1. The molecule has 0 bridgehead atoms. The highest BCUT2D eigenvalue weighted by Gasteiger charge is 2.17. The van der Waals surface area contributed by atoms with Crippen LogP contribution in [0.5, 0.6) is 0 Å². The smallest absolute Gasteiger partial charge is 0.253 e. The van der Waals surface area contributed by atoms with Crippen LogP contribution in [0.3, 0.4) is 0 Å². The summed E-state index contributed by atoms with van der Waals surface area (Å²) in [4.78, 5) is 12.6. The topological polar surface area (TPSA) is 63.5 Å². The maximum absolute atomic E-state index is 13.3. The number of para-hydroxylation sites is 1. The van der Waals surface area contributed by atoms with Crippen LogP contribution in [0.2, 0.25) is 0 Å². The molecule has 0 aliphatic heterocycles. The van der Waals surface area contributed by atoms with Gasteiger partial charge in [-0.25, -0.2) is 8.78 Å². The average Bonchev–Trinajstić information content (AvgIpc) is 3.05. The predicted molar refractivity (Wildman–Crippen MR) is 97.5 cm³/mol. The van der Waals surface area contributed by atoms with E-state index in [-0.39, 0.29) is 18.0 Å². The highest BCUT2D eigenvalue weighted by atomic mass is 19.2. The van der Waals surface area contributed by atoms with Crippen LogP contribution in [0.1, 0.15) is 22.0 Å². The first-order chi connectivity index (χ1) is 13.0. The van der Waals surface area contributed by atoms with Gasteiger partial charge in [0.2, 0.25) is 0 Å². The highest BCUT2D eigenvalue weighted by molar-refractivity contribution is 6.07. The third-order valence-electron chi connectivity index (χ3n) is 4.35. The number of hydrogen-bond donors (Lipinski definition) is 2. The normalized spacial score (nSPS) is 12.3. The minimum Gasteiger partial charge on any atom is -0.387 e. The second-order valence-electron chi connectivity index (χ2n) is 6.15. The Morgan fingerprint density at radius 2 is 2.00 bits per heavy atom. The zero-order chi connectivity index (χ0) is 19.4. The fourth-order valence-corrected chi connectivity index (χ4v) is 2.92. The molecule has 0 saturated carbocycles. The monoisotopic (exact) mass is 374 g/mol. The van der Waals surface area contributed by atoms with Crippen LogP contribution in [0.15, 0.2) is 48.7 Å². The van der Waals surface area contributed by atoms with Gasteiger partial charge in [0.1, 0.15) is 0 Å². The molecule has 0 fully saturated rings. The summed E-state index contributed by atoms with van der Waals surface area (Å²) in [7, 11) is 1.61. The number of methoxy groups -OCH3 is 1. The first kappa shape index (κ1) is 19.0. The number of benzene rings is 2. The van der Waals surface area contributed by atoms with Crippen LogP contribution in [0, 0.1) is 11.6 Å². The Labute approximate surface area is 155 Å². The molecule has 2 N–H and O–H groups in total. The molecule has 2 aromatic carbocycles. The minimum absolute atomic E-state index is 0.124. The summed E-state index contributed by atoms with van der Waals surface area (Å²) in [5.74, 6) is -2.39. The van der Waals surface area contributed by atoms with Gasteiger partial charge in [-0.1, -0.05) is 24.3 Å². The van der Waals surface area contributed by atoms with Gasteiger partial charge in [0.15, 0.2) is 11.6 Å². The molecular formula is C20H20F2N2O3. The van der Waals surface area contributed by atoms with E-state index in [1.54, 1.807) is 13.3 Å². The van der Waals surface area contributed by atoms with Crippen molar-refractivity contribution in [3.8, 4) is 0 Å². The average molecular weight is 374 g/mol. The van der Waals surface area contributed by atoms with Crippen molar-refractivity contribution in [1.29, 1.82) is 0 Å². The van der Waals surface area contributed by atoms with Crippen molar-refractivity contribution in [2.75, 3.05) is 20.3 Å². The third-order valence-corrected chi connectivity index (χ3v) is 4.35. The maximum atomic E-state index is 13.3. The number of aliphatic hydroxyl groups is 1. The van der Waals surface area contributed by atoms with E-state index in [4.69, 9.17) is 4.74 Å². The van der Waals surface area contributed by atoms with Gasteiger partial charge in [-0.3, -0.25) is 4.79 Å². The number of fused-ring (bicyclic) bond motifs is 1. The first-order valence-corrected chi connectivity index (χ1v) is 8.49. The van der Waals surface area contributed by atoms with Crippen LogP contribution in [0.25, 0.3) is 10.9 Å². The lowest BCUT2D eigenvalue weighted by molar-refractivity contribution is 0.0917. The fraction of sp³-hybridized carbons (Fsp3) is 0.250. The predicted octanol–water partition coefficient (Wildman–Crippen LogP) is 3.03. The molecule has 0 aliphatic carbocycles. The van der Waals surface area contributed by atoms with Crippen LogP contribution in [-0.4, -0.2) is 35.8 Å². The van der Waals surface area contributed by atoms with E-state index in [9.17, 15) is 18.7 Å². The van der Waals surface area contributed by atoms with Gasteiger partial charge in [-0.15, -0.1) is 0 Å². The maximum Gasteiger partial charge on any atom is 0.253 e. The van der Waals surface area contributed by atoms with Crippen molar-refractivity contribution in [2.24, 2.45) is 0 Å². The third kappa shape index (κ3) is 4.15. The molecule has 142 valence electrons. The van der Waals surface area contributed by atoms with E-state index in [0.717, 1.165) is 23.0 Å². The van der Waals surface area contributed by atoms with Gasteiger partial charge in [0, 0.05) is 37.3 Å². The van der Waals surface area contributed by atoms with Crippen LogP contribution in [-0.2, 0) is 11.3 Å². The molecule has 3 aromatic rings. The molecule has 7 heteroatoms. The molecule has 1 amide bonds. The number of rotatable bonds is 7. The highest BCUT2D eigenvalue weighted by Crippen LogP contribution is 2.22. The van der Waals surface area contributed by atoms with Crippen LogP contribution >= 0.6 is 0 Å². The zero-order valence-corrected chi connectivity index (χ0v) is 14.8. The molecule has 1 unspecified atom stereocenters. The van der Waals surface area contributed by atoms with E-state index < -0.39 is 17.7 Å². The van der Waals surface area contributed by atoms with Gasteiger partial charge in [-0.2, -0.15) is 0 Å². The number of ether oxygens (including phenoxy) is 1. The van der Waals surface area contributed by atoms with Crippen molar-refractivity contribution in [2.45, 2.75) is 12.6 Å². The number of nitrogens with one attached hydrogen (secondary N) is 1. The van der Waals surface area contributed by atoms with Crippen LogP contribution < -0.4 is 5.32 Å². The summed E-state index contributed by atoms with van der Waals surface area (Å²) in [5, 5.41) is 13.6. The second kappa shape index (κ2) is 8.28. The van der Waals surface area contributed by atoms with Gasteiger partial charge < -0.3 is 19.7 Å². The summed E-state index contributed by atoms with van der Waals surface area (Å²) < 4.78 is 33.3. The molecule has 1 aromatic heterocycles. The van der Waals surface area contributed by atoms with Gasteiger partial charge in [0.25, 0.3) is 5.91 Å². The Morgan fingerprint density at radius 1 is 1.22 bits per heavy atom. The van der Waals surface area contributed by atoms with E-state index in [1.165, 1.54) is 6.07 Å². The number of hydrogen-bond acceptors (Lipinski definition) is 3. The van der Waals surface area contributed by atoms with Crippen molar-refractivity contribution in [1.82, 2.24) is 9.88 Å². The molecule has 3 rings (SSSR count). The molecule has 0 aliphatic rings. The SMILES string of the molecule is COCCn1cc(C(=O)NCC(O)c2ccc(F)c(F)c2)c2ccccc21. The van der Waals surface area contributed by atoms with E-state index in [1.807, 2.05) is 28.8 Å².